The Morgan fingerprint density at radius 3 is 1.70 bits per heavy atom. The molecule has 0 fully saturated rings. The first-order chi connectivity index (χ1) is 17.9. The third-order valence-electron chi connectivity index (χ3n) is 6.96. The second kappa shape index (κ2) is 11.1. The lowest BCUT2D eigenvalue weighted by Crippen LogP contribution is -2.03. The Labute approximate surface area is 220 Å². The number of aryl methyl sites for hydroxylation is 1. The fraction of sp³-hybridized carbons (Fsp3) is 0.333. The number of benzene rings is 3. The third-order valence-corrected chi connectivity index (χ3v) is 9.47. The average molecular weight is 547 g/mol. The Morgan fingerprint density at radius 2 is 1.08 bits per heavy atom. The van der Waals surface area contributed by atoms with Crippen molar-refractivity contribution in [3.8, 4) is 11.1 Å². The van der Waals surface area contributed by atoms with Gasteiger partial charge >= 0.3 is 0 Å². The number of rotatable bonds is 10. The molecule has 3 aromatic carbocycles. The second-order valence-corrected chi connectivity index (χ2v) is 11.7. The van der Waals surface area contributed by atoms with Crippen LogP contribution in [-0.4, -0.2) is 0 Å². The van der Waals surface area contributed by atoms with Crippen molar-refractivity contribution in [1.82, 2.24) is 0 Å². The van der Waals surface area contributed by atoms with E-state index in [0.717, 1.165) is 31.3 Å². The van der Waals surface area contributed by atoms with Crippen LogP contribution in [0.2, 0.25) is 0 Å². The Kier molecular flexibility index (Phi) is 7.82. The molecule has 37 heavy (non-hydrogen) atoms. The topological polar surface area (TPSA) is 0 Å². The highest BCUT2D eigenvalue weighted by atomic mass is 32.1. The molecule has 0 bridgehead atoms. The van der Waals surface area contributed by atoms with E-state index >= 15 is 0 Å². The van der Waals surface area contributed by atoms with Crippen LogP contribution in [0.5, 0.6) is 0 Å². The van der Waals surface area contributed by atoms with E-state index in [0.29, 0.717) is 0 Å². The van der Waals surface area contributed by atoms with Gasteiger partial charge in [0.15, 0.2) is 23.3 Å². The highest BCUT2D eigenvalue weighted by Gasteiger charge is 2.27. The smallest absolute Gasteiger partial charge is 0.200 e. The van der Waals surface area contributed by atoms with E-state index in [-0.39, 0.29) is 5.56 Å². The lowest BCUT2D eigenvalue weighted by atomic mass is 10.0. The van der Waals surface area contributed by atoms with Gasteiger partial charge < -0.3 is 0 Å². The zero-order valence-corrected chi connectivity index (χ0v) is 22.2. The predicted molar refractivity (Wildman–Crippen MR) is 146 cm³/mol. The largest absolute Gasteiger partial charge is 0.203 e. The molecule has 0 saturated carbocycles. The molecule has 0 atom stereocenters. The van der Waals surface area contributed by atoms with E-state index in [1.54, 1.807) is 17.4 Å². The molecule has 2 aromatic heterocycles. The molecular weight excluding hydrogens is 519 g/mol. The number of hydrogen-bond acceptors (Lipinski definition) is 2. The molecule has 2 heterocycles. The molecule has 0 N–H and O–H groups in total. The van der Waals surface area contributed by atoms with Gasteiger partial charge in [0.1, 0.15) is 0 Å². The van der Waals surface area contributed by atoms with Crippen molar-refractivity contribution in [3.05, 3.63) is 71.0 Å². The molecule has 0 saturated heterocycles. The van der Waals surface area contributed by atoms with Crippen molar-refractivity contribution in [3.63, 3.8) is 0 Å². The molecule has 5 aromatic rings. The maximum Gasteiger partial charge on any atom is 0.200 e. The monoisotopic (exact) mass is 546 g/mol. The summed E-state index contributed by atoms with van der Waals surface area (Å²) in [5, 5.41) is 2.04. The number of halogens is 5. The summed E-state index contributed by atoms with van der Waals surface area (Å²) in [4.78, 5) is 0. The van der Waals surface area contributed by atoms with E-state index in [4.69, 9.17) is 0 Å². The molecule has 194 valence electrons. The maximum absolute atomic E-state index is 14.4. The van der Waals surface area contributed by atoms with E-state index in [1.807, 2.05) is 0 Å². The quantitative estimate of drug-likeness (QED) is 0.0707. The fourth-order valence-corrected chi connectivity index (χ4v) is 7.69. The van der Waals surface area contributed by atoms with Crippen LogP contribution < -0.4 is 0 Å². The Morgan fingerprint density at radius 1 is 0.568 bits per heavy atom. The third kappa shape index (κ3) is 5.00. The van der Waals surface area contributed by atoms with Gasteiger partial charge in [-0.2, -0.15) is 0 Å². The molecule has 0 spiro atoms. The van der Waals surface area contributed by atoms with Gasteiger partial charge in [-0.1, -0.05) is 76.1 Å². The molecule has 0 aliphatic rings. The molecule has 0 amide bonds. The normalized spacial score (nSPS) is 11.9. The SMILES string of the molecule is CCCCCCCCCCc1ccc2c(c1)sc1c3ccc(-c4c(F)c(F)c(F)c(F)c4F)cc3sc21. The second-order valence-electron chi connectivity index (χ2n) is 9.57. The Bertz CT molecular complexity index is 1550. The van der Waals surface area contributed by atoms with Gasteiger partial charge in [0.25, 0.3) is 0 Å². The standard InChI is InChI=1S/C30H27F5S2/c1-2-3-4-5-6-7-8-9-10-17-11-13-19-21(15-17)36-30-20-14-12-18(16-22(20)37-29(19)30)23-24(31)26(33)28(35)27(34)25(23)32/h11-16H,2-10H2,1H3. The lowest BCUT2D eigenvalue weighted by molar-refractivity contribution is 0.381. The molecule has 0 nitrogen and oxygen atoms in total. The summed E-state index contributed by atoms with van der Waals surface area (Å²) in [5.41, 5.74) is 0.391. The average Bonchev–Trinajstić information content (AvgIpc) is 3.43. The zero-order chi connectivity index (χ0) is 26.1. The van der Waals surface area contributed by atoms with Gasteiger partial charge in [0.05, 0.1) is 15.0 Å². The van der Waals surface area contributed by atoms with Crippen LogP contribution in [0.15, 0.2) is 36.4 Å². The van der Waals surface area contributed by atoms with E-state index < -0.39 is 34.6 Å². The van der Waals surface area contributed by atoms with Crippen LogP contribution >= 0.6 is 22.7 Å². The van der Waals surface area contributed by atoms with E-state index in [9.17, 15) is 22.0 Å². The summed E-state index contributed by atoms with van der Waals surface area (Å²) in [7, 11) is 0. The minimum absolute atomic E-state index is 0.0360. The Hall–Kier alpha value is -2.51. The van der Waals surface area contributed by atoms with Gasteiger partial charge in [-0.15, -0.1) is 22.7 Å². The number of fused-ring (bicyclic) bond motifs is 5. The van der Waals surface area contributed by atoms with Crippen LogP contribution in [0.25, 0.3) is 40.7 Å². The van der Waals surface area contributed by atoms with Crippen LogP contribution in [0.3, 0.4) is 0 Å². The van der Waals surface area contributed by atoms with Crippen molar-refractivity contribution in [1.29, 1.82) is 0 Å². The van der Waals surface area contributed by atoms with E-state index in [2.05, 4.69) is 25.1 Å². The molecule has 0 radical (unpaired) electrons. The van der Waals surface area contributed by atoms with Crippen LogP contribution in [0.1, 0.15) is 63.9 Å². The summed E-state index contributed by atoms with van der Waals surface area (Å²) in [6.45, 7) is 2.24. The van der Waals surface area contributed by atoms with Crippen molar-refractivity contribution in [2.24, 2.45) is 0 Å². The van der Waals surface area contributed by atoms with Crippen LogP contribution in [-0.2, 0) is 6.42 Å². The number of hydrogen-bond donors (Lipinski definition) is 0. The first-order valence-electron chi connectivity index (χ1n) is 12.8. The van der Waals surface area contributed by atoms with E-state index in [1.165, 1.54) is 85.1 Å². The molecular formula is C30H27F5S2. The van der Waals surface area contributed by atoms with Crippen LogP contribution in [0, 0.1) is 29.1 Å². The van der Waals surface area contributed by atoms with Gasteiger partial charge in [0.2, 0.25) is 5.82 Å². The minimum atomic E-state index is -2.15. The highest BCUT2D eigenvalue weighted by molar-refractivity contribution is 7.36. The van der Waals surface area contributed by atoms with Crippen molar-refractivity contribution < 1.29 is 22.0 Å². The summed E-state index contributed by atoms with van der Waals surface area (Å²) in [5.74, 6) is -9.65. The molecule has 0 aliphatic carbocycles. The first-order valence-corrected chi connectivity index (χ1v) is 14.4. The minimum Gasteiger partial charge on any atom is -0.203 e. The lowest BCUT2D eigenvalue weighted by Gasteiger charge is -2.08. The molecule has 5 rings (SSSR count). The number of thiophene rings is 2. The molecule has 0 aliphatic heterocycles. The van der Waals surface area contributed by atoms with Crippen molar-refractivity contribution in [2.45, 2.75) is 64.7 Å². The zero-order valence-electron chi connectivity index (χ0n) is 20.5. The van der Waals surface area contributed by atoms with Crippen molar-refractivity contribution in [2.75, 3.05) is 0 Å². The van der Waals surface area contributed by atoms with Gasteiger partial charge in [-0.05, 0) is 36.1 Å². The fourth-order valence-electron chi connectivity index (χ4n) is 4.93. The number of unbranched alkanes of at least 4 members (excludes halogenated alkanes) is 7. The highest BCUT2D eigenvalue weighted by Crippen LogP contribution is 2.45. The molecule has 0 unspecified atom stereocenters. The van der Waals surface area contributed by atoms with Crippen LogP contribution in [0.4, 0.5) is 22.0 Å². The predicted octanol–water partition coefficient (Wildman–Crippen LogP) is 11.3. The summed E-state index contributed by atoms with van der Waals surface area (Å²) >= 11 is 3.15. The van der Waals surface area contributed by atoms with Gasteiger partial charge in [0, 0.05) is 20.2 Å². The summed E-state index contributed by atoms with van der Waals surface area (Å²) in [6.07, 6.45) is 11.4. The van der Waals surface area contributed by atoms with Crippen molar-refractivity contribution >= 4 is 52.2 Å². The van der Waals surface area contributed by atoms with Gasteiger partial charge in [-0.25, -0.2) is 22.0 Å². The summed E-state index contributed by atoms with van der Waals surface area (Å²) in [6, 6.07) is 11.2. The summed E-state index contributed by atoms with van der Waals surface area (Å²) < 4.78 is 73.8. The molecule has 7 heteroatoms. The van der Waals surface area contributed by atoms with Gasteiger partial charge in [-0.3, -0.25) is 0 Å². The Balaban J connectivity index is 1.37. The first kappa shape index (κ1) is 26.1. The maximum atomic E-state index is 14.4.